The third-order valence-electron chi connectivity index (χ3n) is 5.87. The summed E-state index contributed by atoms with van der Waals surface area (Å²) in [4.78, 5) is 36.2. The fourth-order valence-corrected chi connectivity index (χ4v) is 4.03. The lowest BCUT2D eigenvalue weighted by Gasteiger charge is -2.37. The molecule has 0 unspecified atom stereocenters. The van der Waals surface area contributed by atoms with Gasteiger partial charge < -0.3 is 20.1 Å². The van der Waals surface area contributed by atoms with Crippen LogP contribution in [-0.4, -0.2) is 37.0 Å². The van der Waals surface area contributed by atoms with Gasteiger partial charge in [0.05, 0.1) is 13.7 Å². The van der Waals surface area contributed by atoms with Gasteiger partial charge in [0.25, 0.3) is 0 Å². The maximum Gasteiger partial charge on any atom is 0.331 e. The average Bonchev–Trinajstić information content (AvgIpc) is 2.72. The third-order valence-corrected chi connectivity index (χ3v) is 5.87. The summed E-state index contributed by atoms with van der Waals surface area (Å²) in [5, 5.41) is 5.78. The number of methoxy groups -OCH3 is 1. The first-order valence-electron chi connectivity index (χ1n) is 10.4. The lowest BCUT2D eigenvalue weighted by molar-refractivity contribution is -0.153. The Balaban J connectivity index is 1.46. The van der Waals surface area contributed by atoms with Crippen molar-refractivity contribution in [3.05, 3.63) is 23.8 Å². The topological polar surface area (TPSA) is 93.7 Å². The van der Waals surface area contributed by atoms with Crippen LogP contribution in [0.15, 0.2) is 18.2 Å². The Morgan fingerprint density at radius 1 is 1.24 bits per heavy atom. The summed E-state index contributed by atoms with van der Waals surface area (Å²) in [7, 11) is 1.37. The Morgan fingerprint density at radius 2 is 2.00 bits per heavy atom. The zero-order chi connectivity index (χ0) is 20.9. The van der Waals surface area contributed by atoms with E-state index >= 15 is 0 Å². The van der Waals surface area contributed by atoms with Crippen molar-refractivity contribution in [2.45, 2.75) is 63.8 Å². The number of nitrogens with one attached hydrogen (secondary N) is 2. The van der Waals surface area contributed by atoms with Gasteiger partial charge in [-0.1, -0.05) is 6.92 Å². The number of carbonyl (C=O) groups is 3. The maximum absolute atomic E-state index is 12.4. The molecule has 1 aromatic carbocycles. The van der Waals surface area contributed by atoms with E-state index < -0.39 is 5.54 Å². The molecule has 1 heterocycles. The van der Waals surface area contributed by atoms with Crippen LogP contribution in [0.2, 0.25) is 0 Å². The van der Waals surface area contributed by atoms with E-state index in [9.17, 15) is 14.4 Å². The minimum atomic E-state index is -0.887. The Labute approximate surface area is 171 Å². The van der Waals surface area contributed by atoms with Crippen molar-refractivity contribution in [2.75, 3.05) is 19.0 Å². The monoisotopic (exact) mass is 402 g/mol. The molecule has 7 heteroatoms. The van der Waals surface area contributed by atoms with Crippen molar-refractivity contribution in [1.82, 2.24) is 5.32 Å². The van der Waals surface area contributed by atoms with Crippen molar-refractivity contribution in [3.63, 3.8) is 0 Å². The maximum atomic E-state index is 12.4. The van der Waals surface area contributed by atoms with Gasteiger partial charge >= 0.3 is 5.97 Å². The molecular formula is C22H30N2O5. The van der Waals surface area contributed by atoms with Gasteiger partial charge in [-0.15, -0.1) is 0 Å². The van der Waals surface area contributed by atoms with Crippen LogP contribution in [-0.2, 0) is 25.5 Å². The van der Waals surface area contributed by atoms with Gasteiger partial charge in [-0.05, 0) is 68.2 Å². The van der Waals surface area contributed by atoms with E-state index in [0.29, 0.717) is 44.6 Å². The second-order valence-corrected chi connectivity index (χ2v) is 8.12. The van der Waals surface area contributed by atoms with E-state index in [1.165, 1.54) is 7.11 Å². The lowest BCUT2D eigenvalue weighted by Crippen LogP contribution is -2.56. The number of benzene rings is 1. The molecule has 29 heavy (non-hydrogen) atoms. The molecule has 3 rings (SSSR count). The van der Waals surface area contributed by atoms with E-state index in [0.717, 1.165) is 29.8 Å². The van der Waals surface area contributed by atoms with Crippen LogP contribution in [0.3, 0.4) is 0 Å². The van der Waals surface area contributed by atoms with E-state index in [1.807, 2.05) is 18.2 Å². The zero-order valence-corrected chi connectivity index (χ0v) is 17.2. The molecule has 158 valence electrons. The summed E-state index contributed by atoms with van der Waals surface area (Å²) in [6.07, 6.45) is 5.06. The molecule has 0 bridgehead atoms. The number of esters is 1. The van der Waals surface area contributed by atoms with Gasteiger partial charge in [0, 0.05) is 18.5 Å². The van der Waals surface area contributed by atoms with Crippen LogP contribution in [0.4, 0.5) is 5.69 Å². The minimum absolute atomic E-state index is 0.0364. The molecule has 1 fully saturated rings. The number of amides is 2. The second kappa shape index (κ2) is 9.29. The molecule has 0 saturated heterocycles. The molecule has 0 spiro atoms. The van der Waals surface area contributed by atoms with E-state index in [-0.39, 0.29) is 24.2 Å². The Bertz CT molecular complexity index is 768. The fourth-order valence-electron chi connectivity index (χ4n) is 4.03. The number of ether oxygens (including phenoxy) is 2. The standard InChI is InChI=1S/C22H30N2O5/c1-15-9-11-22(12-10-15,21(27)28-2)24-20(26)4-3-13-29-17-6-7-18-16(14-17)5-8-19(25)23-18/h6-7,14-15H,3-5,8-13H2,1-2H3,(H,23,25)(H,24,26). The molecule has 2 aliphatic rings. The largest absolute Gasteiger partial charge is 0.494 e. The molecule has 1 aromatic rings. The van der Waals surface area contributed by atoms with E-state index in [1.54, 1.807) is 0 Å². The van der Waals surface area contributed by atoms with Gasteiger partial charge in [0.1, 0.15) is 11.3 Å². The molecular weight excluding hydrogens is 372 g/mol. The molecule has 0 aromatic heterocycles. The summed E-state index contributed by atoms with van der Waals surface area (Å²) in [5.41, 5.74) is 1.01. The van der Waals surface area contributed by atoms with Crippen molar-refractivity contribution in [1.29, 1.82) is 0 Å². The number of aryl methyl sites for hydroxylation is 1. The highest BCUT2D eigenvalue weighted by Gasteiger charge is 2.43. The predicted molar refractivity (Wildman–Crippen MR) is 109 cm³/mol. The van der Waals surface area contributed by atoms with Crippen LogP contribution in [0.25, 0.3) is 0 Å². The third kappa shape index (κ3) is 5.28. The number of hydrogen-bond acceptors (Lipinski definition) is 5. The summed E-state index contributed by atoms with van der Waals surface area (Å²) in [5.74, 6) is 0.821. The SMILES string of the molecule is COC(=O)C1(NC(=O)CCCOc2ccc3c(c2)CCC(=O)N3)CCC(C)CC1. The first kappa shape index (κ1) is 21.1. The lowest BCUT2D eigenvalue weighted by atomic mass is 9.77. The molecule has 1 aliphatic heterocycles. The summed E-state index contributed by atoms with van der Waals surface area (Å²) in [6.45, 7) is 2.57. The van der Waals surface area contributed by atoms with E-state index in [2.05, 4.69) is 17.6 Å². The van der Waals surface area contributed by atoms with Gasteiger partial charge in [-0.3, -0.25) is 9.59 Å². The molecule has 2 N–H and O–H groups in total. The van der Waals surface area contributed by atoms with Crippen LogP contribution in [0.5, 0.6) is 5.75 Å². The van der Waals surface area contributed by atoms with Crippen LogP contribution in [0.1, 0.15) is 57.4 Å². The normalized spacial score (nSPS) is 23.5. The predicted octanol–water partition coefficient (Wildman–Crippen LogP) is 2.97. The number of fused-ring (bicyclic) bond motifs is 1. The summed E-state index contributed by atoms with van der Waals surface area (Å²) in [6, 6.07) is 5.60. The van der Waals surface area contributed by atoms with Crippen molar-refractivity contribution >= 4 is 23.5 Å². The highest BCUT2D eigenvalue weighted by atomic mass is 16.5. The fraction of sp³-hybridized carbons (Fsp3) is 0.591. The number of carbonyl (C=O) groups excluding carboxylic acids is 3. The van der Waals surface area contributed by atoms with Crippen LogP contribution < -0.4 is 15.4 Å². The van der Waals surface area contributed by atoms with Crippen molar-refractivity contribution < 1.29 is 23.9 Å². The summed E-state index contributed by atoms with van der Waals surface area (Å²) >= 11 is 0. The quantitative estimate of drug-likeness (QED) is 0.540. The van der Waals surface area contributed by atoms with Gasteiger partial charge in [-0.2, -0.15) is 0 Å². The molecule has 0 atom stereocenters. The zero-order valence-electron chi connectivity index (χ0n) is 17.2. The van der Waals surface area contributed by atoms with Gasteiger partial charge in [-0.25, -0.2) is 4.79 Å². The van der Waals surface area contributed by atoms with Crippen molar-refractivity contribution in [2.24, 2.45) is 5.92 Å². The molecule has 1 saturated carbocycles. The van der Waals surface area contributed by atoms with Crippen LogP contribution in [0, 0.1) is 5.92 Å². The van der Waals surface area contributed by atoms with Gasteiger partial charge in [0.15, 0.2) is 0 Å². The molecule has 7 nitrogen and oxygen atoms in total. The molecule has 1 aliphatic carbocycles. The Kier molecular flexibility index (Phi) is 6.77. The van der Waals surface area contributed by atoms with Crippen molar-refractivity contribution in [3.8, 4) is 5.75 Å². The van der Waals surface area contributed by atoms with E-state index in [4.69, 9.17) is 9.47 Å². The first-order valence-corrected chi connectivity index (χ1v) is 10.4. The second-order valence-electron chi connectivity index (χ2n) is 8.12. The number of rotatable bonds is 7. The number of hydrogen-bond donors (Lipinski definition) is 2. The molecule has 0 radical (unpaired) electrons. The smallest absolute Gasteiger partial charge is 0.331 e. The average molecular weight is 402 g/mol. The van der Waals surface area contributed by atoms with Crippen LogP contribution >= 0.6 is 0 Å². The highest BCUT2D eigenvalue weighted by molar-refractivity contribution is 5.94. The highest BCUT2D eigenvalue weighted by Crippen LogP contribution is 2.33. The first-order chi connectivity index (χ1) is 13.9. The van der Waals surface area contributed by atoms with Gasteiger partial charge in [0.2, 0.25) is 11.8 Å². The summed E-state index contributed by atoms with van der Waals surface area (Å²) < 4.78 is 10.7. The Morgan fingerprint density at radius 3 is 2.72 bits per heavy atom. The minimum Gasteiger partial charge on any atom is -0.494 e. The molecule has 2 amide bonds. The Hall–Kier alpha value is -2.57. The number of anilines is 1.